The minimum absolute atomic E-state index is 0.00808. The molecule has 3 N–H and O–H groups in total. The van der Waals surface area contributed by atoms with E-state index in [1.165, 1.54) is 0 Å². The summed E-state index contributed by atoms with van der Waals surface area (Å²) < 4.78 is 7.61. The topological polar surface area (TPSA) is 85.7 Å². The van der Waals surface area contributed by atoms with Crippen molar-refractivity contribution in [2.45, 2.75) is 13.0 Å². The van der Waals surface area contributed by atoms with Crippen molar-refractivity contribution < 1.29 is 9.94 Å². The predicted octanol–water partition coefficient (Wildman–Crippen LogP) is 2.10. The zero-order valence-electron chi connectivity index (χ0n) is 10.7. The summed E-state index contributed by atoms with van der Waals surface area (Å²) >= 11 is 5.92. The van der Waals surface area contributed by atoms with E-state index in [0.717, 1.165) is 13.0 Å². The Kier molecular flexibility index (Phi) is 4.84. The molecular weight excluding hydrogens is 280 g/mol. The third kappa shape index (κ3) is 3.64. The largest absolute Gasteiger partial charge is 0.493 e. The molecule has 2 aromatic rings. The first-order valence-electron chi connectivity index (χ1n) is 6.06. The highest BCUT2D eigenvalue weighted by Crippen LogP contribution is 2.23. The van der Waals surface area contributed by atoms with Gasteiger partial charge >= 0.3 is 0 Å². The fourth-order valence-electron chi connectivity index (χ4n) is 1.73. The lowest BCUT2D eigenvalue weighted by molar-refractivity contribution is 0.299. The average molecular weight is 295 g/mol. The van der Waals surface area contributed by atoms with Crippen LogP contribution in [0, 0.1) is 0 Å². The fourth-order valence-corrected chi connectivity index (χ4v) is 1.89. The molecule has 0 amide bonds. The van der Waals surface area contributed by atoms with E-state index in [4.69, 9.17) is 27.3 Å². The Morgan fingerprint density at radius 1 is 1.50 bits per heavy atom. The number of aryl methyl sites for hydroxylation is 1. The second kappa shape index (κ2) is 6.81. The molecule has 6 nitrogen and oxygen atoms in total. The van der Waals surface area contributed by atoms with Gasteiger partial charge in [0, 0.05) is 24.0 Å². The number of amidine groups is 1. The van der Waals surface area contributed by atoms with Crippen LogP contribution < -0.4 is 10.5 Å². The van der Waals surface area contributed by atoms with Gasteiger partial charge in [0.25, 0.3) is 0 Å². The predicted molar refractivity (Wildman–Crippen MR) is 76.3 cm³/mol. The van der Waals surface area contributed by atoms with Crippen molar-refractivity contribution in [3.63, 3.8) is 0 Å². The Morgan fingerprint density at radius 3 is 3.05 bits per heavy atom. The number of nitrogens with two attached hydrogens (primary N) is 1. The first-order valence-corrected chi connectivity index (χ1v) is 6.44. The highest BCUT2D eigenvalue weighted by molar-refractivity contribution is 6.30. The molecule has 0 bridgehead atoms. The number of oxime groups is 1. The molecule has 0 fully saturated rings. The second-order valence-corrected chi connectivity index (χ2v) is 4.56. The van der Waals surface area contributed by atoms with Crippen molar-refractivity contribution in [3.05, 3.63) is 47.5 Å². The monoisotopic (exact) mass is 294 g/mol. The third-order valence-corrected chi connectivity index (χ3v) is 2.94. The molecule has 0 radical (unpaired) electrons. The summed E-state index contributed by atoms with van der Waals surface area (Å²) in [7, 11) is 0. The van der Waals surface area contributed by atoms with Crippen molar-refractivity contribution in [2.24, 2.45) is 10.9 Å². The SMILES string of the molecule is N/C(=N/O)c1ccc(Cl)cc1OCCCn1ccnc1. The summed E-state index contributed by atoms with van der Waals surface area (Å²) in [5.41, 5.74) is 6.10. The van der Waals surface area contributed by atoms with Crippen LogP contribution in [0.3, 0.4) is 0 Å². The zero-order chi connectivity index (χ0) is 14.4. The third-order valence-electron chi connectivity index (χ3n) is 2.70. The zero-order valence-corrected chi connectivity index (χ0v) is 11.5. The lowest BCUT2D eigenvalue weighted by Crippen LogP contribution is -2.15. The highest BCUT2D eigenvalue weighted by Gasteiger charge is 2.09. The van der Waals surface area contributed by atoms with Gasteiger partial charge in [0.2, 0.25) is 0 Å². The minimum atomic E-state index is -0.00808. The molecular formula is C13H15ClN4O2. The minimum Gasteiger partial charge on any atom is -0.493 e. The van der Waals surface area contributed by atoms with Crippen LogP contribution in [0.1, 0.15) is 12.0 Å². The van der Waals surface area contributed by atoms with Crippen LogP contribution >= 0.6 is 11.6 Å². The van der Waals surface area contributed by atoms with Gasteiger partial charge in [-0.3, -0.25) is 0 Å². The van der Waals surface area contributed by atoms with E-state index in [9.17, 15) is 0 Å². The van der Waals surface area contributed by atoms with Crippen molar-refractivity contribution in [1.29, 1.82) is 0 Å². The van der Waals surface area contributed by atoms with Gasteiger partial charge in [0.05, 0.1) is 18.5 Å². The molecule has 0 aliphatic rings. The molecule has 0 spiro atoms. The summed E-state index contributed by atoms with van der Waals surface area (Å²) in [5.74, 6) is 0.490. The number of rotatable bonds is 6. The molecule has 1 aromatic carbocycles. The molecule has 7 heteroatoms. The Balaban J connectivity index is 1.96. The number of nitrogens with zero attached hydrogens (tertiary/aromatic N) is 3. The van der Waals surface area contributed by atoms with Crippen LogP contribution in [0.15, 0.2) is 42.1 Å². The van der Waals surface area contributed by atoms with Gasteiger partial charge in [-0.15, -0.1) is 0 Å². The van der Waals surface area contributed by atoms with E-state index in [0.29, 0.717) is 22.9 Å². The normalized spacial score (nSPS) is 11.6. The van der Waals surface area contributed by atoms with E-state index in [1.54, 1.807) is 30.7 Å². The maximum Gasteiger partial charge on any atom is 0.173 e. The number of aromatic nitrogens is 2. The summed E-state index contributed by atoms with van der Waals surface area (Å²) in [5, 5.41) is 12.3. The number of halogens is 1. The van der Waals surface area contributed by atoms with E-state index >= 15 is 0 Å². The van der Waals surface area contributed by atoms with Crippen LogP contribution in [0.2, 0.25) is 5.02 Å². The summed E-state index contributed by atoms with van der Waals surface area (Å²) in [6, 6.07) is 4.96. The molecule has 0 saturated heterocycles. The number of hydrogen-bond acceptors (Lipinski definition) is 4. The van der Waals surface area contributed by atoms with Gasteiger partial charge < -0.3 is 20.2 Å². The first-order chi connectivity index (χ1) is 9.70. The van der Waals surface area contributed by atoms with Crippen molar-refractivity contribution in [3.8, 4) is 5.75 Å². The fraction of sp³-hybridized carbons (Fsp3) is 0.231. The number of benzene rings is 1. The van der Waals surface area contributed by atoms with E-state index < -0.39 is 0 Å². The Hall–Kier alpha value is -2.21. The van der Waals surface area contributed by atoms with Crippen molar-refractivity contribution in [1.82, 2.24) is 9.55 Å². The van der Waals surface area contributed by atoms with Crippen molar-refractivity contribution in [2.75, 3.05) is 6.61 Å². The molecule has 0 aliphatic carbocycles. The maximum absolute atomic E-state index is 8.74. The summed E-state index contributed by atoms with van der Waals surface area (Å²) in [4.78, 5) is 3.96. The molecule has 20 heavy (non-hydrogen) atoms. The molecule has 106 valence electrons. The number of hydrogen-bond donors (Lipinski definition) is 2. The molecule has 1 aromatic heterocycles. The van der Waals surface area contributed by atoms with Gasteiger partial charge in [0.1, 0.15) is 5.75 Å². The van der Waals surface area contributed by atoms with E-state index in [-0.39, 0.29) is 5.84 Å². The lowest BCUT2D eigenvalue weighted by Gasteiger charge is -2.11. The van der Waals surface area contributed by atoms with Gasteiger partial charge in [-0.25, -0.2) is 4.98 Å². The van der Waals surface area contributed by atoms with E-state index in [2.05, 4.69) is 10.1 Å². The Labute approximate surface area is 121 Å². The van der Waals surface area contributed by atoms with Gasteiger partial charge in [-0.2, -0.15) is 0 Å². The smallest absolute Gasteiger partial charge is 0.173 e. The second-order valence-electron chi connectivity index (χ2n) is 4.13. The van der Waals surface area contributed by atoms with Crippen LogP contribution in [0.5, 0.6) is 5.75 Å². The summed E-state index contributed by atoms with van der Waals surface area (Å²) in [6.07, 6.45) is 6.18. The van der Waals surface area contributed by atoms with Gasteiger partial charge in [-0.1, -0.05) is 16.8 Å². The molecule has 0 unspecified atom stereocenters. The molecule has 0 aliphatic heterocycles. The van der Waals surface area contributed by atoms with Crippen LogP contribution in [-0.4, -0.2) is 27.2 Å². The number of ether oxygens (including phenoxy) is 1. The maximum atomic E-state index is 8.74. The van der Waals surface area contributed by atoms with E-state index in [1.807, 2.05) is 10.8 Å². The first kappa shape index (κ1) is 14.2. The van der Waals surface area contributed by atoms with Crippen LogP contribution in [-0.2, 0) is 6.54 Å². The van der Waals surface area contributed by atoms with Crippen LogP contribution in [0.25, 0.3) is 0 Å². The standard InChI is InChI=1S/C13H15ClN4O2/c14-10-2-3-11(13(15)17-19)12(8-10)20-7-1-5-18-6-4-16-9-18/h2-4,6,8-9,19H,1,5,7H2,(H2,15,17). The van der Waals surface area contributed by atoms with Gasteiger partial charge in [-0.05, 0) is 24.6 Å². The van der Waals surface area contributed by atoms with Crippen LogP contribution in [0.4, 0.5) is 0 Å². The Morgan fingerprint density at radius 2 is 2.35 bits per heavy atom. The van der Waals surface area contributed by atoms with Gasteiger partial charge in [0.15, 0.2) is 5.84 Å². The quantitative estimate of drug-likeness (QED) is 0.281. The molecule has 2 rings (SSSR count). The molecule has 0 atom stereocenters. The van der Waals surface area contributed by atoms with Crippen molar-refractivity contribution >= 4 is 17.4 Å². The number of imidazole rings is 1. The molecule has 0 saturated carbocycles. The average Bonchev–Trinajstić information content (AvgIpc) is 2.96. The lowest BCUT2D eigenvalue weighted by atomic mass is 10.2. The summed E-state index contributed by atoms with van der Waals surface area (Å²) in [6.45, 7) is 1.30. The molecule has 1 heterocycles. The Bertz CT molecular complexity index is 584. The highest BCUT2D eigenvalue weighted by atomic mass is 35.5.